The van der Waals surface area contributed by atoms with Crippen molar-refractivity contribution in [3.8, 4) is 0 Å². The van der Waals surface area contributed by atoms with Crippen molar-refractivity contribution >= 4 is 15.9 Å². The number of likely N-dealkylation sites (tertiary alicyclic amines) is 2. The van der Waals surface area contributed by atoms with E-state index in [1.807, 2.05) is 20.8 Å². The number of aliphatic hydroxyl groups is 1. The first kappa shape index (κ1) is 32.0. The van der Waals surface area contributed by atoms with Crippen molar-refractivity contribution < 1.29 is 27.1 Å². The number of hydrogen-bond acceptors (Lipinski definition) is 6. The zero-order valence-electron chi connectivity index (χ0n) is 25.2. The predicted molar refractivity (Wildman–Crippen MR) is 156 cm³/mol. The topological polar surface area (TPSA) is 84.4 Å². The van der Waals surface area contributed by atoms with Crippen LogP contribution in [-0.2, 0) is 14.8 Å². The third-order valence-electron chi connectivity index (χ3n) is 9.21. The molecule has 0 radical (unpaired) electrons. The van der Waals surface area contributed by atoms with Gasteiger partial charge in [-0.15, -0.1) is 0 Å². The fraction of sp³-hybridized carbons (Fsp3) is 0.700. The van der Waals surface area contributed by atoms with E-state index in [4.69, 9.17) is 0 Å². The summed E-state index contributed by atoms with van der Waals surface area (Å²) in [5.41, 5.74) is 1.17. The van der Waals surface area contributed by atoms with E-state index in [2.05, 4.69) is 11.5 Å². The number of benzene rings is 1. The monoisotopic (exact) mass is 596 g/mol. The van der Waals surface area contributed by atoms with E-state index in [1.165, 1.54) is 23.3 Å². The maximum atomic E-state index is 15.1. The molecule has 2 saturated heterocycles. The highest BCUT2D eigenvalue weighted by atomic mass is 32.2. The molecule has 1 unspecified atom stereocenters. The Morgan fingerprint density at radius 2 is 1.73 bits per heavy atom. The average Bonchev–Trinajstić information content (AvgIpc) is 3.49. The second-order valence-corrected chi connectivity index (χ2v) is 15.2. The molecule has 230 valence electrons. The van der Waals surface area contributed by atoms with E-state index in [0.717, 1.165) is 24.5 Å². The van der Waals surface area contributed by atoms with Gasteiger partial charge in [-0.3, -0.25) is 14.6 Å². The highest BCUT2D eigenvalue weighted by Crippen LogP contribution is 2.42. The molecule has 11 heteroatoms. The number of amides is 1. The Balaban J connectivity index is 1.69. The minimum Gasteiger partial charge on any atom is -0.378 e. The largest absolute Gasteiger partial charge is 0.378 e. The molecule has 5 atom stereocenters. The molecule has 0 aromatic heterocycles. The number of aliphatic hydroxyl groups excluding tert-OH is 1. The molecule has 3 fully saturated rings. The van der Waals surface area contributed by atoms with Crippen LogP contribution in [0.2, 0.25) is 0 Å². The summed E-state index contributed by atoms with van der Waals surface area (Å²) in [4.78, 5) is 18.8. The van der Waals surface area contributed by atoms with E-state index in [-0.39, 0.29) is 30.5 Å². The molecule has 2 aliphatic heterocycles. The van der Waals surface area contributed by atoms with Crippen LogP contribution in [0.4, 0.5) is 8.78 Å². The Bertz CT molecular complexity index is 1240. The summed E-state index contributed by atoms with van der Waals surface area (Å²) in [6.07, 6.45) is 3.17. The number of nitrogens with zero attached hydrogens (tertiary/aromatic N) is 4. The lowest BCUT2D eigenvalue weighted by Gasteiger charge is -2.38. The molecule has 1 N–H and O–H groups in total. The van der Waals surface area contributed by atoms with Crippen molar-refractivity contribution in [3.63, 3.8) is 0 Å². The van der Waals surface area contributed by atoms with Crippen LogP contribution in [0.5, 0.6) is 0 Å². The maximum absolute atomic E-state index is 15.1. The fourth-order valence-electron chi connectivity index (χ4n) is 7.02. The molecule has 1 amide bonds. The zero-order chi connectivity index (χ0) is 30.4. The molecule has 3 aliphatic rings. The standard InChI is InChI=1S/C30H46F2N4O4S/c1-19-8-11-21(12-9-19)36(41(7,39)40)22-15-27(29(38)33(5)6)35(16-22)28(37)25-18-34(30(2,3)4)17-24(25)23-13-10-20(31)14-26(23)32/h10,13-14,21-22,24-25,27-28,37H,1,8-9,11-12,15-18H2,2-7H3/t22-,24-,25+,27-,28?/m0/s1. The number of halogens is 2. The quantitative estimate of drug-likeness (QED) is 0.486. The van der Waals surface area contributed by atoms with Crippen LogP contribution >= 0.6 is 0 Å². The summed E-state index contributed by atoms with van der Waals surface area (Å²) in [5.74, 6) is -2.48. The van der Waals surface area contributed by atoms with Gasteiger partial charge in [0, 0.05) is 69.3 Å². The van der Waals surface area contributed by atoms with Gasteiger partial charge in [0.25, 0.3) is 0 Å². The van der Waals surface area contributed by atoms with Gasteiger partial charge >= 0.3 is 0 Å². The summed E-state index contributed by atoms with van der Waals surface area (Å²) in [6.45, 7) is 11.3. The lowest BCUT2D eigenvalue weighted by atomic mass is 9.86. The molecule has 41 heavy (non-hydrogen) atoms. The highest BCUT2D eigenvalue weighted by molar-refractivity contribution is 7.88. The molecule has 4 rings (SSSR count). The van der Waals surface area contributed by atoms with E-state index in [1.54, 1.807) is 23.3 Å². The van der Waals surface area contributed by atoms with Crippen LogP contribution in [0.15, 0.2) is 30.4 Å². The van der Waals surface area contributed by atoms with E-state index in [0.29, 0.717) is 31.5 Å². The second kappa shape index (κ2) is 12.0. The maximum Gasteiger partial charge on any atom is 0.239 e. The Hall–Kier alpha value is -1.92. The third kappa shape index (κ3) is 6.85. The van der Waals surface area contributed by atoms with Gasteiger partial charge in [0.05, 0.1) is 12.3 Å². The predicted octanol–water partition coefficient (Wildman–Crippen LogP) is 3.39. The number of likely N-dealkylation sites (N-methyl/N-ethyl adjacent to an activating group) is 1. The van der Waals surface area contributed by atoms with Crippen LogP contribution in [-0.4, -0.2) is 108 Å². The first-order valence-electron chi connectivity index (χ1n) is 14.5. The lowest BCUT2D eigenvalue weighted by Crippen LogP contribution is -2.52. The van der Waals surface area contributed by atoms with Gasteiger partial charge in [-0.25, -0.2) is 17.2 Å². The smallest absolute Gasteiger partial charge is 0.239 e. The Kier molecular flexibility index (Phi) is 9.36. The van der Waals surface area contributed by atoms with Gasteiger partial charge in [0.15, 0.2) is 0 Å². The molecule has 2 heterocycles. The van der Waals surface area contributed by atoms with Crippen LogP contribution in [0.3, 0.4) is 0 Å². The summed E-state index contributed by atoms with van der Waals surface area (Å²) in [7, 11) is -0.322. The summed E-state index contributed by atoms with van der Waals surface area (Å²) < 4.78 is 56.7. The normalized spacial score (nSPS) is 28.0. The Morgan fingerprint density at radius 3 is 2.27 bits per heavy atom. The number of sulfonamides is 1. The minimum absolute atomic E-state index is 0.181. The molecule has 0 bridgehead atoms. The fourth-order valence-corrected chi connectivity index (χ4v) is 8.46. The SMILES string of the molecule is C=C1CCC(N([C@H]2C[C@@H](C(=O)N(C)C)N(C(O)[C@@H]3CN(C(C)(C)C)C[C@H]3c3ccc(F)cc3F)C2)S(C)(=O)=O)CC1. The average molecular weight is 597 g/mol. The zero-order valence-corrected chi connectivity index (χ0v) is 26.0. The third-order valence-corrected chi connectivity index (χ3v) is 10.6. The van der Waals surface area contributed by atoms with E-state index in [9.17, 15) is 22.7 Å². The number of carbonyl (C=O) groups excluding carboxylic acids is 1. The molecule has 1 aliphatic carbocycles. The van der Waals surface area contributed by atoms with E-state index < -0.39 is 51.8 Å². The Morgan fingerprint density at radius 1 is 1.10 bits per heavy atom. The first-order chi connectivity index (χ1) is 19.0. The molecule has 1 aromatic carbocycles. The van der Waals surface area contributed by atoms with Crippen molar-refractivity contribution in [2.75, 3.05) is 40.0 Å². The van der Waals surface area contributed by atoms with Crippen LogP contribution in [0.25, 0.3) is 0 Å². The van der Waals surface area contributed by atoms with Crippen LogP contribution < -0.4 is 0 Å². The number of rotatable bonds is 7. The molecule has 1 aromatic rings. The van der Waals surface area contributed by atoms with Gasteiger partial charge < -0.3 is 10.0 Å². The molecule has 1 saturated carbocycles. The molecule has 8 nitrogen and oxygen atoms in total. The van der Waals surface area contributed by atoms with Gasteiger partial charge in [0.2, 0.25) is 15.9 Å². The van der Waals surface area contributed by atoms with Gasteiger partial charge in [-0.05, 0) is 64.5 Å². The summed E-state index contributed by atoms with van der Waals surface area (Å²) in [5, 5.41) is 12.0. The van der Waals surface area contributed by atoms with Gasteiger partial charge in [-0.1, -0.05) is 18.2 Å². The lowest BCUT2D eigenvalue weighted by molar-refractivity contribution is -0.139. The highest BCUT2D eigenvalue weighted by Gasteiger charge is 2.51. The van der Waals surface area contributed by atoms with Crippen LogP contribution in [0, 0.1) is 17.6 Å². The van der Waals surface area contributed by atoms with Gasteiger partial charge in [-0.2, -0.15) is 4.31 Å². The molecule has 0 spiro atoms. The number of hydrogen-bond donors (Lipinski definition) is 1. The number of allylic oxidation sites excluding steroid dienone is 1. The van der Waals surface area contributed by atoms with Crippen LogP contribution in [0.1, 0.15) is 64.4 Å². The summed E-state index contributed by atoms with van der Waals surface area (Å²) in [6, 6.07) is 2.11. The number of carbonyl (C=O) groups is 1. The van der Waals surface area contributed by atoms with E-state index >= 15 is 4.39 Å². The van der Waals surface area contributed by atoms with Crippen molar-refractivity contribution in [1.82, 2.24) is 19.0 Å². The summed E-state index contributed by atoms with van der Waals surface area (Å²) >= 11 is 0. The Labute approximate surface area is 244 Å². The van der Waals surface area contributed by atoms with Crippen molar-refractivity contribution in [2.45, 2.75) is 88.7 Å². The van der Waals surface area contributed by atoms with Crippen molar-refractivity contribution in [1.29, 1.82) is 0 Å². The minimum atomic E-state index is -3.62. The molecular formula is C30H46F2N4O4S. The second-order valence-electron chi connectivity index (χ2n) is 13.3. The van der Waals surface area contributed by atoms with Crippen molar-refractivity contribution in [3.05, 3.63) is 47.5 Å². The molecular weight excluding hydrogens is 550 g/mol. The first-order valence-corrected chi connectivity index (χ1v) is 16.3. The van der Waals surface area contributed by atoms with Gasteiger partial charge in [0.1, 0.15) is 17.9 Å². The van der Waals surface area contributed by atoms with Crippen molar-refractivity contribution in [2.24, 2.45) is 5.92 Å².